The van der Waals surface area contributed by atoms with Crippen molar-refractivity contribution < 1.29 is 9.84 Å². The molecule has 4 nitrogen and oxygen atoms in total. The highest BCUT2D eigenvalue weighted by Gasteiger charge is 2.38. The molecule has 2 atom stereocenters. The Hall–Kier alpha value is -0.160. The molecule has 0 heterocycles. The van der Waals surface area contributed by atoms with Crippen LogP contribution in [0.4, 0.5) is 0 Å². The van der Waals surface area contributed by atoms with E-state index in [2.05, 4.69) is 31.0 Å². The minimum absolute atomic E-state index is 0.0744. The summed E-state index contributed by atoms with van der Waals surface area (Å²) in [5.74, 6) is 0. The largest absolute Gasteiger partial charge is 0.394 e. The van der Waals surface area contributed by atoms with Gasteiger partial charge in [-0.3, -0.25) is 4.90 Å². The van der Waals surface area contributed by atoms with Crippen LogP contribution in [0, 0.1) is 0 Å². The number of likely N-dealkylation sites (N-methyl/N-ethyl adjacent to an activating group) is 1. The minimum Gasteiger partial charge on any atom is -0.394 e. The highest BCUT2D eigenvalue weighted by Crippen LogP contribution is 2.32. The van der Waals surface area contributed by atoms with Gasteiger partial charge in [0.2, 0.25) is 0 Å². The van der Waals surface area contributed by atoms with Crippen LogP contribution in [-0.4, -0.2) is 61.0 Å². The molecule has 2 N–H and O–H groups in total. The van der Waals surface area contributed by atoms with E-state index in [0.29, 0.717) is 12.1 Å². The third kappa shape index (κ3) is 5.20. The van der Waals surface area contributed by atoms with E-state index in [-0.39, 0.29) is 12.1 Å². The molecule has 1 fully saturated rings. The highest BCUT2D eigenvalue weighted by atomic mass is 16.5. The maximum atomic E-state index is 9.90. The lowest BCUT2D eigenvalue weighted by Crippen LogP contribution is -2.57. The second-order valence-corrected chi connectivity index (χ2v) is 6.42. The molecule has 0 amide bonds. The topological polar surface area (TPSA) is 44.7 Å². The van der Waals surface area contributed by atoms with Gasteiger partial charge in [-0.25, -0.2) is 0 Å². The van der Waals surface area contributed by atoms with Gasteiger partial charge in [0.25, 0.3) is 0 Å². The molecule has 1 aliphatic rings. The zero-order valence-electron chi connectivity index (χ0n) is 14.5. The summed E-state index contributed by atoms with van der Waals surface area (Å²) in [6.07, 6.45) is 6.95. The fourth-order valence-electron chi connectivity index (χ4n) is 3.97. The summed E-state index contributed by atoms with van der Waals surface area (Å²) in [4.78, 5) is 2.64. The van der Waals surface area contributed by atoms with Crippen molar-refractivity contribution in [1.29, 1.82) is 0 Å². The average Bonchev–Trinajstić information content (AvgIpc) is 2.52. The van der Waals surface area contributed by atoms with Crippen LogP contribution in [0.3, 0.4) is 0 Å². The van der Waals surface area contributed by atoms with E-state index in [0.717, 1.165) is 32.5 Å². The third-order valence-electron chi connectivity index (χ3n) is 5.11. The smallest absolute Gasteiger partial charge is 0.0613 e. The summed E-state index contributed by atoms with van der Waals surface area (Å²) in [6.45, 7) is 9.65. The van der Waals surface area contributed by atoms with Gasteiger partial charge in [0.1, 0.15) is 0 Å². The van der Waals surface area contributed by atoms with Gasteiger partial charge in [-0.1, -0.05) is 20.8 Å². The average molecular weight is 300 g/mol. The van der Waals surface area contributed by atoms with Gasteiger partial charge >= 0.3 is 0 Å². The van der Waals surface area contributed by atoms with Crippen LogP contribution >= 0.6 is 0 Å². The lowest BCUT2D eigenvalue weighted by atomic mass is 9.78. The van der Waals surface area contributed by atoms with Crippen molar-refractivity contribution in [3.05, 3.63) is 0 Å². The van der Waals surface area contributed by atoms with Gasteiger partial charge in [-0.05, 0) is 45.1 Å². The summed E-state index contributed by atoms with van der Waals surface area (Å²) in [5, 5.41) is 13.5. The molecular weight excluding hydrogens is 264 g/mol. The number of ether oxygens (including phenoxy) is 1. The van der Waals surface area contributed by atoms with Gasteiger partial charge < -0.3 is 15.2 Å². The van der Waals surface area contributed by atoms with E-state index in [4.69, 9.17) is 4.74 Å². The third-order valence-corrected chi connectivity index (χ3v) is 5.11. The van der Waals surface area contributed by atoms with E-state index >= 15 is 0 Å². The zero-order valence-corrected chi connectivity index (χ0v) is 14.5. The van der Waals surface area contributed by atoms with Crippen LogP contribution < -0.4 is 5.32 Å². The molecule has 0 aromatic rings. The Bertz CT molecular complexity index is 268. The molecule has 0 aliphatic heterocycles. The summed E-state index contributed by atoms with van der Waals surface area (Å²) in [6, 6.07) is 1.19. The summed E-state index contributed by atoms with van der Waals surface area (Å²) in [5.41, 5.74) is -0.0744. The molecule has 1 saturated carbocycles. The molecule has 126 valence electrons. The molecular formula is C17H36N2O2. The van der Waals surface area contributed by atoms with Crippen molar-refractivity contribution in [2.75, 3.05) is 33.4 Å². The van der Waals surface area contributed by atoms with E-state index in [1.54, 1.807) is 7.11 Å². The molecule has 0 aromatic carbocycles. The monoisotopic (exact) mass is 300 g/mol. The molecule has 4 heteroatoms. The highest BCUT2D eigenvalue weighted by molar-refractivity contribution is 4.97. The van der Waals surface area contributed by atoms with Crippen molar-refractivity contribution in [2.24, 2.45) is 0 Å². The number of hydrogen-bond donors (Lipinski definition) is 2. The maximum Gasteiger partial charge on any atom is 0.0613 e. The number of rotatable bonds is 10. The normalized spacial score (nSPS) is 26.7. The second kappa shape index (κ2) is 9.78. The van der Waals surface area contributed by atoms with Crippen molar-refractivity contribution >= 4 is 0 Å². The second-order valence-electron chi connectivity index (χ2n) is 6.42. The van der Waals surface area contributed by atoms with Crippen molar-refractivity contribution in [3.63, 3.8) is 0 Å². The number of aliphatic hydroxyl groups is 1. The SMILES string of the molecule is CCNC1(CO)CCCC(N(CCOC)C(CC)CC)C1. The molecule has 21 heavy (non-hydrogen) atoms. The molecule has 0 bridgehead atoms. The molecule has 1 aliphatic carbocycles. The molecule has 2 unspecified atom stereocenters. The van der Waals surface area contributed by atoms with E-state index < -0.39 is 0 Å². The Morgan fingerprint density at radius 2 is 2.05 bits per heavy atom. The number of aliphatic hydroxyl groups excluding tert-OH is 1. The van der Waals surface area contributed by atoms with Gasteiger partial charge in [0, 0.05) is 31.3 Å². The first-order valence-electron chi connectivity index (χ1n) is 8.76. The molecule has 1 rings (SSSR count). The predicted molar refractivity (Wildman–Crippen MR) is 88.7 cm³/mol. The van der Waals surface area contributed by atoms with Crippen molar-refractivity contribution in [3.8, 4) is 0 Å². The molecule has 0 radical (unpaired) electrons. The van der Waals surface area contributed by atoms with Crippen molar-refractivity contribution in [2.45, 2.75) is 76.9 Å². The van der Waals surface area contributed by atoms with Crippen LogP contribution in [0.5, 0.6) is 0 Å². The van der Waals surface area contributed by atoms with Gasteiger partial charge in [0.05, 0.1) is 13.2 Å². The lowest BCUT2D eigenvalue weighted by molar-refractivity contribution is 0.0221. The number of methoxy groups -OCH3 is 1. The Labute approximate surface area is 131 Å². The lowest BCUT2D eigenvalue weighted by Gasteiger charge is -2.46. The first kappa shape index (κ1) is 18.9. The van der Waals surface area contributed by atoms with Crippen LogP contribution in [0.15, 0.2) is 0 Å². The quantitative estimate of drug-likeness (QED) is 0.650. The summed E-state index contributed by atoms with van der Waals surface area (Å²) < 4.78 is 5.32. The van der Waals surface area contributed by atoms with Crippen LogP contribution in [0.2, 0.25) is 0 Å². The Balaban J connectivity index is 2.80. The Kier molecular flexibility index (Phi) is 8.79. The predicted octanol–water partition coefficient (Wildman–Crippen LogP) is 2.41. The fourth-order valence-corrected chi connectivity index (χ4v) is 3.97. The minimum atomic E-state index is -0.0744. The number of hydrogen-bond acceptors (Lipinski definition) is 4. The molecule has 0 spiro atoms. The van der Waals surface area contributed by atoms with E-state index in [1.807, 2.05) is 0 Å². The standard InChI is InChI=1S/C17H36N2O2/c1-5-15(6-2)19(11-12-21-4)16-9-8-10-17(13-16,14-20)18-7-3/h15-16,18,20H,5-14H2,1-4H3. The van der Waals surface area contributed by atoms with Gasteiger partial charge in [-0.2, -0.15) is 0 Å². The summed E-state index contributed by atoms with van der Waals surface area (Å²) in [7, 11) is 1.78. The van der Waals surface area contributed by atoms with E-state index in [9.17, 15) is 5.11 Å². The Morgan fingerprint density at radius 1 is 1.33 bits per heavy atom. The van der Waals surface area contributed by atoms with E-state index in [1.165, 1.54) is 25.7 Å². The maximum absolute atomic E-state index is 9.90. The summed E-state index contributed by atoms with van der Waals surface area (Å²) >= 11 is 0. The Morgan fingerprint density at radius 3 is 2.57 bits per heavy atom. The molecule has 0 saturated heterocycles. The van der Waals surface area contributed by atoms with Gasteiger partial charge in [-0.15, -0.1) is 0 Å². The van der Waals surface area contributed by atoms with Crippen LogP contribution in [0.1, 0.15) is 59.3 Å². The first-order valence-corrected chi connectivity index (χ1v) is 8.76. The molecule has 0 aromatic heterocycles. The zero-order chi connectivity index (χ0) is 15.7. The number of nitrogens with zero attached hydrogens (tertiary/aromatic N) is 1. The number of nitrogens with one attached hydrogen (secondary N) is 1. The first-order chi connectivity index (χ1) is 10.2. The van der Waals surface area contributed by atoms with Gasteiger partial charge in [0.15, 0.2) is 0 Å². The van der Waals surface area contributed by atoms with Crippen LogP contribution in [0.25, 0.3) is 0 Å². The van der Waals surface area contributed by atoms with Crippen molar-refractivity contribution in [1.82, 2.24) is 10.2 Å². The fraction of sp³-hybridized carbons (Fsp3) is 1.00. The van der Waals surface area contributed by atoms with Crippen LogP contribution in [-0.2, 0) is 4.74 Å².